The molecule has 0 radical (unpaired) electrons. The Bertz CT molecular complexity index is 417. The Morgan fingerprint density at radius 3 is 2.94 bits per heavy atom. The van der Waals surface area contributed by atoms with Crippen molar-refractivity contribution in [1.29, 1.82) is 0 Å². The monoisotopic (exact) mass is 233 g/mol. The number of hydrogen-bond donors (Lipinski definition) is 3. The molecule has 2 rings (SSSR count). The van der Waals surface area contributed by atoms with Crippen molar-refractivity contribution in [3.63, 3.8) is 0 Å². The van der Waals surface area contributed by atoms with Crippen molar-refractivity contribution in [2.24, 2.45) is 5.73 Å². The van der Waals surface area contributed by atoms with Crippen molar-refractivity contribution in [1.82, 2.24) is 10.9 Å². The van der Waals surface area contributed by atoms with Crippen LogP contribution >= 0.6 is 0 Å². The highest BCUT2D eigenvalue weighted by atomic mass is 16.2. The van der Waals surface area contributed by atoms with Gasteiger partial charge in [-0.05, 0) is 36.0 Å². The number of carbonyl (C=O) groups is 1. The third-order valence-corrected chi connectivity index (χ3v) is 3.22. The van der Waals surface area contributed by atoms with Gasteiger partial charge in [-0.25, -0.2) is 5.43 Å². The lowest BCUT2D eigenvalue weighted by Crippen LogP contribution is -2.36. The first-order valence-corrected chi connectivity index (χ1v) is 6.03. The van der Waals surface area contributed by atoms with E-state index in [-0.39, 0.29) is 11.9 Å². The van der Waals surface area contributed by atoms with Crippen LogP contribution in [-0.2, 0) is 17.6 Å². The Morgan fingerprint density at radius 1 is 1.41 bits per heavy atom. The van der Waals surface area contributed by atoms with E-state index in [1.807, 2.05) is 6.07 Å². The molecular formula is C13H19N3O. The Labute approximate surface area is 102 Å². The van der Waals surface area contributed by atoms with E-state index in [0.29, 0.717) is 6.42 Å². The van der Waals surface area contributed by atoms with Gasteiger partial charge in [-0.3, -0.25) is 10.2 Å². The molecule has 4 N–H and O–H groups in total. The molecule has 1 aliphatic rings. The molecule has 1 amide bonds. The zero-order valence-electron chi connectivity index (χ0n) is 10.1. The van der Waals surface area contributed by atoms with Crippen LogP contribution in [0.15, 0.2) is 18.2 Å². The average molecular weight is 233 g/mol. The number of hydrogen-bond acceptors (Lipinski definition) is 3. The smallest absolute Gasteiger partial charge is 0.235 e. The minimum Gasteiger partial charge on any atom is -0.324 e. The van der Waals surface area contributed by atoms with Crippen molar-refractivity contribution in [3.8, 4) is 0 Å². The zero-order chi connectivity index (χ0) is 12.3. The maximum atomic E-state index is 11.4. The lowest BCUT2D eigenvalue weighted by atomic mass is 9.99. The number of amides is 1. The van der Waals surface area contributed by atoms with E-state index in [2.05, 4.69) is 23.0 Å². The van der Waals surface area contributed by atoms with Gasteiger partial charge in [0, 0.05) is 19.5 Å². The van der Waals surface area contributed by atoms with E-state index >= 15 is 0 Å². The van der Waals surface area contributed by atoms with Gasteiger partial charge in [-0.15, -0.1) is 0 Å². The fourth-order valence-electron chi connectivity index (χ4n) is 2.33. The molecule has 1 atom stereocenters. The number of carbonyl (C=O) groups excluding carboxylic acids is 1. The Hall–Kier alpha value is -1.39. The first kappa shape index (κ1) is 12.1. The van der Waals surface area contributed by atoms with Gasteiger partial charge in [-0.2, -0.15) is 0 Å². The molecular weight excluding hydrogens is 214 g/mol. The fraction of sp³-hybridized carbons (Fsp3) is 0.462. The largest absolute Gasteiger partial charge is 0.324 e. The second kappa shape index (κ2) is 5.29. The predicted octanol–water partition coefficient (Wildman–Crippen LogP) is 0.816. The first-order chi connectivity index (χ1) is 8.20. The summed E-state index contributed by atoms with van der Waals surface area (Å²) in [6.07, 6.45) is 3.84. The molecule has 1 unspecified atom stereocenters. The van der Waals surface area contributed by atoms with Crippen LogP contribution in [-0.4, -0.2) is 13.0 Å². The van der Waals surface area contributed by atoms with Crippen LogP contribution in [0.5, 0.6) is 0 Å². The first-order valence-electron chi connectivity index (χ1n) is 6.03. The van der Waals surface area contributed by atoms with Crippen LogP contribution in [0, 0.1) is 0 Å². The maximum absolute atomic E-state index is 11.4. The van der Waals surface area contributed by atoms with Gasteiger partial charge >= 0.3 is 0 Å². The number of fused-ring (bicyclic) bond motifs is 1. The molecule has 4 nitrogen and oxygen atoms in total. The minimum absolute atomic E-state index is 0.0829. The van der Waals surface area contributed by atoms with Crippen molar-refractivity contribution >= 4 is 5.91 Å². The second-order valence-electron chi connectivity index (χ2n) is 4.49. The molecule has 0 heterocycles. The summed E-state index contributed by atoms with van der Waals surface area (Å²) < 4.78 is 0. The quantitative estimate of drug-likeness (QED) is 0.674. The van der Waals surface area contributed by atoms with Crippen LogP contribution in [0.1, 0.15) is 35.6 Å². The van der Waals surface area contributed by atoms with E-state index < -0.39 is 0 Å². The molecule has 0 aliphatic heterocycles. The molecule has 0 fully saturated rings. The van der Waals surface area contributed by atoms with Crippen LogP contribution in [0.25, 0.3) is 0 Å². The van der Waals surface area contributed by atoms with Gasteiger partial charge in [0.05, 0.1) is 0 Å². The summed E-state index contributed by atoms with van der Waals surface area (Å²) in [5.41, 5.74) is 15.1. The number of hydrazine groups is 1. The lowest BCUT2D eigenvalue weighted by molar-refractivity contribution is -0.122. The molecule has 0 spiro atoms. The van der Waals surface area contributed by atoms with Gasteiger partial charge in [0.15, 0.2) is 0 Å². The summed E-state index contributed by atoms with van der Waals surface area (Å²) in [5.74, 6) is -0.0829. The van der Waals surface area contributed by atoms with Gasteiger partial charge in [-0.1, -0.05) is 18.2 Å². The third kappa shape index (κ3) is 2.84. The molecule has 0 saturated heterocycles. The highest BCUT2D eigenvalue weighted by Gasteiger charge is 2.15. The highest BCUT2D eigenvalue weighted by molar-refractivity contribution is 5.76. The van der Waals surface area contributed by atoms with Crippen LogP contribution in [0.3, 0.4) is 0 Å². The van der Waals surface area contributed by atoms with Crippen molar-refractivity contribution < 1.29 is 4.79 Å². The molecule has 1 aromatic carbocycles. The summed E-state index contributed by atoms with van der Waals surface area (Å²) in [6, 6.07) is 6.11. The zero-order valence-corrected chi connectivity index (χ0v) is 10.1. The summed E-state index contributed by atoms with van der Waals surface area (Å²) in [7, 11) is 1.67. The van der Waals surface area contributed by atoms with Gasteiger partial charge < -0.3 is 5.73 Å². The highest BCUT2D eigenvalue weighted by Crippen LogP contribution is 2.25. The number of rotatable bonds is 4. The van der Waals surface area contributed by atoms with Crippen LogP contribution < -0.4 is 16.6 Å². The summed E-state index contributed by atoms with van der Waals surface area (Å²) in [5, 5.41) is 0. The average Bonchev–Trinajstić information content (AvgIpc) is 2.75. The SMILES string of the molecule is CNNC(=O)CC(N)c1ccc2c(c1)CCC2. The summed E-state index contributed by atoms with van der Waals surface area (Å²) >= 11 is 0. The molecule has 0 aromatic heterocycles. The molecule has 4 heteroatoms. The van der Waals surface area contributed by atoms with Gasteiger partial charge in [0.2, 0.25) is 5.91 Å². The molecule has 1 aliphatic carbocycles. The van der Waals surface area contributed by atoms with Gasteiger partial charge in [0.1, 0.15) is 0 Å². The molecule has 17 heavy (non-hydrogen) atoms. The Morgan fingerprint density at radius 2 is 2.18 bits per heavy atom. The Kier molecular flexibility index (Phi) is 3.76. The van der Waals surface area contributed by atoms with Crippen LogP contribution in [0.4, 0.5) is 0 Å². The number of nitrogens with two attached hydrogens (primary N) is 1. The van der Waals surface area contributed by atoms with Crippen molar-refractivity contribution in [2.45, 2.75) is 31.7 Å². The predicted molar refractivity (Wildman–Crippen MR) is 67.2 cm³/mol. The molecule has 1 aromatic rings. The standard InChI is InChI=1S/C13H19N3O/c1-15-16-13(17)8-12(14)11-6-5-9-3-2-4-10(9)7-11/h5-7,12,15H,2-4,8,14H2,1H3,(H,16,17). The number of nitrogens with one attached hydrogen (secondary N) is 2. The molecule has 0 bridgehead atoms. The van der Waals surface area contributed by atoms with Crippen molar-refractivity contribution in [2.75, 3.05) is 7.05 Å². The molecule has 0 saturated carbocycles. The Balaban J connectivity index is 2.04. The number of benzene rings is 1. The molecule has 92 valence electrons. The fourth-order valence-corrected chi connectivity index (χ4v) is 2.33. The van der Waals surface area contributed by atoms with E-state index in [1.165, 1.54) is 24.0 Å². The minimum atomic E-state index is -0.228. The third-order valence-electron chi connectivity index (χ3n) is 3.22. The topological polar surface area (TPSA) is 67.1 Å². The number of aryl methyl sites for hydroxylation is 2. The van der Waals surface area contributed by atoms with Crippen LogP contribution in [0.2, 0.25) is 0 Å². The maximum Gasteiger partial charge on any atom is 0.235 e. The van der Waals surface area contributed by atoms with E-state index in [4.69, 9.17) is 5.73 Å². The van der Waals surface area contributed by atoms with E-state index in [0.717, 1.165) is 12.0 Å². The summed E-state index contributed by atoms with van der Waals surface area (Å²) in [4.78, 5) is 11.4. The summed E-state index contributed by atoms with van der Waals surface area (Å²) in [6.45, 7) is 0. The lowest BCUT2D eigenvalue weighted by Gasteiger charge is -2.13. The van der Waals surface area contributed by atoms with Crippen molar-refractivity contribution in [3.05, 3.63) is 34.9 Å². The van der Waals surface area contributed by atoms with E-state index in [1.54, 1.807) is 7.05 Å². The second-order valence-corrected chi connectivity index (χ2v) is 4.49. The normalized spacial score (nSPS) is 15.4. The van der Waals surface area contributed by atoms with E-state index in [9.17, 15) is 4.79 Å². The van der Waals surface area contributed by atoms with Gasteiger partial charge in [0.25, 0.3) is 0 Å².